The lowest BCUT2D eigenvalue weighted by Gasteiger charge is -2.03. The van der Waals surface area contributed by atoms with Crippen molar-refractivity contribution in [2.24, 2.45) is 0 Å². The fraction of sp³-hybridized carbons (Fsp3) is 0.286. The number of benzene rings is 1. The van der Waals surface area contributed by atoms with Gasteiger partial charge in [-0.15, -0.1) is 0 Å². The molecule has 2 heterocycles. The normalized spacial score (nSPS) is 11.4. The summed E-state index contributed by atoms with van der Waals surface area (Å²) in [6.45, 7) is 1.66. The minimum atomic E-state index is -3.65. The summed E-state index contributed by atoms with van der Waals surface area (Å²) in [5.41, 5.74) is 1.93. The van der Waals surface area contributed by atoms with Gasteiger partial charge in [0.1, 0.15) is 23.0 Å². The number of hydrogen-bond donors (Lipinski definition) is 0. The van der Waals surface area contributed by atoms with E-state index in [-0.39, 0.29) is 18.0 Å². The van der Waals surface area contributed by atoms with Crippen molar-refractivity contribution in [2.45, 2.75) is 25.5 Å². The van der Waals surface area contributed by atoms with Crippen LogP contribution in [-0.2, 0) is 26.8 Å². The first-order valence-corrected chi connectivity index (χ1v) is 10.9. The second-order valence-corrected chi connectivity index (χ2v) is 8.75. The molecule has 0 radical (unpaired) electrons. The summed E-state index contributed by atoms with van der Waals surface area (Å²) in [6, 6.07) is 10.7. The Balaban J connectivity index is 1.63. The van der Waals surface area contributed by atoms with E-state index in [1.54, 1.807) is 56.8 Å². The quantitative estimate of drug-likeness (QED) is 0.530. The largest absolute Gasteiger partial charge is 0.497 e. The SMILES string of the molecule is COc1ccc(-c2nc(CS(=O)(=O)CC(=O)CCc3cccnc3)c(C)o2)cc1. The summed E-state index contributed by atoms with van der Waals surface area (Å²) in [4.78, 5) is 20.4. The van der Waals surface area contributed by atoms with Crippen molar-refractivity contribution in [3.05, 3.63) is 65.8 Å². The Labute approximate surface area is 169 Å². The van der Waals surface area contributed by atoms with Crippen molar-refractivity contribution in [1.29, 1.82) is 0 Å². The molecule has 1 aromatic carbocycles. The number of rotatable bonds is 9. The number of nitrogens with zero attached hydrogens (tertiary/aromatic N) is 2. The zero-order valence-electron chi connectivity index (χ0n) is 16.3. The highest BCUT2D eigenvalue weighted by molar-refractivity contribution is 7.91. The highest BCUT2D eigenvalue weighted by Crippen LogP contribution is 2.25. The van der Waals surface area contributed by atoms with Crippen LogP contribution >= 0.6 is 0 Å². The predicted molar refractivity (Wildman–Crippen MR) is 108 cm³/mol. The molecule has 0 aliphatic heterocycles. The number of sulfone groups is 1. The van der Waals surface area contributed by atoms with Crippen LogP contribution in [0.2, 0.25) is 0 Å². The van der Waals surface area contributed by atoms with Crippen LogP contribution in [0.15, 0.2) is 53.2 Å². The smallest absolute Gasteiger partial charge is 0.226 e. The molecular weight excluding hydrogens is 392 g/mol. The van der Waals surface area contributed by atoms with Gasteiger partial charge in [-0.3, -0.25) is 9.78 Å². The highest BCUT2D eigenvalue weighted by atomic mass is 32.2. The second kappa shape index (κ2) is 9.00. The van der Waals surface area contributed by atoms with Gasteiger partial charge in [0, 0.05) is 24.4 Å². The lowest BCUT2D eigenvalue weighted by atomic mass is 10.1. The number of aryl methyl sites for hydroxylation is 2. The summed E-state index contributed by atoms with van der Waals surface area (Å²) in [5, 5.41) is 0. The van der Waals surface area contributed by atoms with Gasteiger partial charge in [-0.05, 0) is 49.2 Å². The Morgan fingerprint density at radius 2 is 1.93 bits per heavy atom. The maximum atomic E-state index is 12.5. The van der Waals surface area contributed by atoms with Crippen molar-refractivity contribution in [3.63, 3.8) is 0 Å². The molecule has 0 saturated carbocycles. The minimum Gasteiger partial charge on any atom is -0.497 e. The van der Waals surface area contributed by atoms with Crippen molar-refractivity contribution in [1.82, 2.24) is 9.97 Å². The van der Waals surface area contributed by atoms with Crippen LogP contribution in [0, 0.1) is 6.92 Å². The summed E-state index contributed by atoms with van der Waals surface area (Å²) in [5.74, 6) is 0.268. The average molecular weight is 414 g/mol. The number of methoxy groups -OCH3 is 1. The van der Waals surface area contributed by atoms with E-state index in [1.165, 1.54) is 0 Å². The summed E-state index contributed by atoms with van der Waals surface area (Å²) >= 11 is 0. The second-order valence-electron chi connectivity index (χ2n) is 6.68. The van der Waals surface area contributed by atoms with E-state index in [0.717, 1.165) is 5.56 Å². The van der Waals surface area contributed by atoms with E-state index in [9.17, 15) is 13.2 Å². The fourth-order valence-electron chi connectivity index (χ4n) is 2.83. The predicted octanol–water partition coefficient (Wildman–Crippen LogP) is 3.17. The van der Waals surface area contributed by atoms with Crippen molar-refractivity contribution in [2.75, 3.05) is 12.9 Å². The molecule has 3 rings (SSSR count). The molecule has 8 heteroatoms. The molecule has 0 aliphatic carbocycles. The van der Waals surface area contributed by atoms with Crippen LogP contribution in [0.5, 0.6) is 5.75 Å². The number of ether oxygens (including phenoxy) is 1. The van der Waals surface area contributed by atoms with Crippen molar-refractivity contribution < 1.29 is 22.4 Å². The highest BCUT2D eigenvalue weighted by Gasteiger charge is 2.22. The molecule has 0 saturated heterocycles. The number of oxazole rings is 1. The summed E-state index contributed by atoms with van der Waals surface area (Å²) < 4.78 is 35.7. The van der Waals surface area contributed by atoms with E-state index in [2.05, 4.69) is 9.97 Å². The van der Waals surface area contributed by atoms with Gasteiger partial charge in [0.05, 0.1) is 18.6 Å². The van der Waals surface area contributed by atoms with E-state index < -0.39 is 15.6 Å². The first-order valence-electron chi connectivity index (χ1n) is 9.08. The van der Waals surface area contributed by atoms with Gasteiger partial charge in [-0.1, -0.05) is 6.07 Å². The number of pyridine rings is 1. The van der Waals surface area contributed by atoms with Gasteiger partial charge >= 0.3 is 0 Å². The number of carbonyl (C=O) groups is 1. The van der Waals surface area contributed by atoms with Crippen LogP contribution in [-0.4, -0.2) is 37.0 Å². The van der Waals surface area contributed by atoms with E-state index in [4.69, 9.17) is 9.15 Å². The number of hydrogen-bond acceptors (Lipinski definition) is 7. The molecule has 0 fully saturated rings. The van der Waals surface area contributed by atoms with Gasteiger partial charge in [0.2, 0.25) is 5.89 Å². The first kappa shape index (κ1) is 20.7. The third kappa shape index (κ3) is 5.74. The van der Waals surface area contributed by atoms with Crippen molar-refractivity contribution >= 4 is 15.6 Å². The Morgan fingerprint density at radius 1 is 1.17 bits per heavy atom. The average Bonchev–Trinajstić information content (AvgIpc) is 3.06. The topological polar surface area (TPSA) is 99.4 Å². The molecular formula is C21H22N2O5S. The molecule has 152 valence electrons. The molecule has 0 aliphatic rings. The van der Waals surface area contributed by atoms with Crippen LogP contribution in [0.4, 0.5) is 0 Å². The maximum absolute atomic E-state index is 12.5. The number of carbonyl (C=O) groups excluding carboxylic acids is 1. The monoisotopic (exact) mass is 414 g/mol. The van der Waals surface area contributed by atoms with Gasteiger partial charge in [-0.2, -0.15) is 0 Å². The van der Waals surface area contributed by atoms with Gasteiger partial charge < -0.3 is 9.15 Å². The van der Waals surface area contributed by atoms with Crippen LogP contribution in [0.25, 0.3) is 11.5 Å². The Morgan fingerprint density at radius 3 is 2.59 bits per heavy atom. The van der Waals surface area contributed by atoms with Gasteiger partial charge in [0.15, 0.2) is 9.84 Å². The molecule has 7 nitrogen and oxygen atoms in total. The lowest BCUT2D eigenvalue weighted by Crippen LogP contribution is -2.18. The Hall–Kier alpha value is -3.00. The maximum Gasteiger partial charge on any atom is 0.226 e. The van der Waals surface area contributed by atoms with Crippen LogP contribution in [0.1, 0.15) is 23.4 Å². The van der Waals surface area contributed by atoms with E-state index in [1.807, 2.05) is 6.07 Å². The van der Waals surface area contributed by atoms with Crippen molar-refractivity contribution in [3.8, 4) is 17.2 Å². The molecule has 0 spiro atoms. The van der Waals surface area contributed by atoms with E-state index in [0.29, 0.717) is 35.1 Å². The lowest BCUT2D eigenvalue weighted by molar-refractivity contribution is -0.116. The summed E-state index contributed by atoms with van der Waals surface area (Å²) in [7, 11) is -2.07. The minimum absolute atomic E-state index is 0.153. The zero-order chi connectivity index (χ0) is 20.9. The Bertz CT molecular complexity index is 1070. The molecule has 29 heavy (non-hydrogen) atoms. The number of aromatic nitrogens is 2. The number of ketones is 1. The third-order valence-electron chi connectivity index (χ3n) is 4.38. The molecule has 0 amide bonds. The first-order chi connectivity index (χ1) is 13.9. The molecule has 3 aromatic rings. The van der Waals surface area contributed by atoms with Gasteiger partial charge in [-0.25, -0.2) is 13.4 Å². The summed E-state index contributed by atoms with van der Waals surface area (Å²) in [6.07, 6.45) is 3.93. The molecule has 0 bridgehead atoms. The molecule has 0 atom stereocenters. The molecule has 0 unspecified atom stereocenters. The van der Waals surface area contributed by atoms with E-state index >= 15 is 0 Å². The van der Waals surface area contributed by atoms with Crippen LogP contribution < -0.4 is 4.74 Å². The van der Waals surface area contributed by atoms with Crippen LogP contribution in [0.3, 0.4) is 0 Å². The number of Topliss-reactive ketones (excluding diaryl/α,β-unsaturated/α-hetero) is 1. The van der Waals surface area contributed by atoms with Gasteiger partial charge in [0.25, 0.3) is 0 Å². The standard InChI is InChI=1S/C21H22N2O5S/c1-15-20(23-21(28-15)17-6-9-19(27-2)10-7-17)14-29(25,26)13-18(24)8-5-16-4-3-11-22-12-16/h3-4,6-7,9-12H,5,8,13-14H2,1-2H3. The molecule has 2 aromatic heterocycles. The fourth-order valence-corrected chi connectivity index (χ4v) is 4.25. The third-order valence-corrected chi connectivity index (χ3v) is 5.86. The molecule has 0 N–H and O–H groups in total. The zero-order valence-corrected chi connectivity index (χ0v) is 17.1. The Kier molecular flexibility index (Phi) is 6.43.